The first-order chi connectivity index (χ1) is 12.2. The van der Waals surface area contributed by atoms with E-state index in [9.17, 15) is 9.59 Å². The fourth-order valence-electron chi connectivity index (χ4n) is 2.04. The van der Waals surface area contributed by atoms with Crippen molar-refractivity contribution in [2.24, 2.45) is 0 Å². The molecule has 6 nitrogen and oxygen atoms in total. The van der Waals surface area contributed by atoms with E-state index in [0.717, 1.165) is 0 Å². The Bertz CT molecular complexity index is 708. The molecule has 6 heteroatoms. The van der Waals surface area contributed by atoms with Crippen LogP contribution in [0.15, 0.2) is 48.5 Å². The highest BCUT2D eigenvalue weighted by atomic mass is 16.6. The molecular formula is C19H20O6. The van der Waals surface area contributed by atoms with Crippen molar-refractivity contribution in [3.63, 3.8) is 0 Å². The third kappa shape index (κ3) is 5.32. The normalized spacial score (nSPS) is 10.2. The summed E-state index contributed by atoms with van der Waals surface area (Å²) in [6.07, 6.45) is 0. The number of esters is 2. The summed E-state index contributed by atoms with van der Waals surface area (Å²) in [7, 11) is 1.53. The molecule has 0 unspecified atom stereocenters. The van der Waals surface area contributed by atoms with Gasteiger partial charge in [0.2, 0.25) is 0 Å². The van der Waals surface area contributed by atoms with Gasteiger partial charge in [-0.3, -0.25) is 0 Å². The molecule has 0 spiro atoms. The average Bonchev–Trinajstić information content (AvgIpc) is 2.63. The van der Waals surface area contributed by atoms with E-state index in [1.165, 1.54) is 31.4 Å². The lowest BCUT2D eigenvalue weighted by Crippen LogP contribution is -2.12. The van der Waals surface area contributed by atoms with E-state index in [1.807, 2.05) is 6.92 Å². The van der Waals surface area contributed by atoms with Gasteiger partial charge in [-0.2, -0.15) is 0 Å². The Balaban J connectivity index is 2.01. The predicted molar refractivity (Wildman–Crippen MR) is 91.2 cm³/mol. The van der Waals surface area contributed by atoms with Crippen molar-refractivity contribution in [1.82, 2.24) is 0 Å². The van der Waals surface area contributed by atoms with Gasteiger partial charge in [-0.15, -0.1) is 0 Å². The first kappa shape index (κ1) is 18.5. The molecule has 0 aliphatic carbocycles. The minimum absolute atomic E-state index is 0.181. The Hall–Kier alpha value is -2.86. The quantitative estimate of drug-likeness (QED) is 0.416. The molecule has 2 aromatic carbocycles. The first-order valence-electron chi connectivity index (χ1n) is 7.85. The van der Waals surface area contributed by atoms with E-state index in [-0.39, 0.29) is 6.61 Å². The number of para-hydroxylation sites is 1. The van der Waals surface area contributed by atoms with Gasteiger partial charge in [0.1, 0.15) is 23.7 Å². The maximum absolute atomic E-state index is 12.3. The van der Waals surface area contributed by atoms with Crippen LogP contribution in [0.2, 0.25) is 0 Å². The molecule has 0 saturated heterocycles. The molecule has 132 valence electrons. The maximum Gasteiger partial charge on any atom is 0.347 e. The van der Waals surface area contributed by atoms with Gasteiger partial charge in [-0.05, 0) is 43.3 Å². The van der Waals surface area contributed by atoms with Gasteiger partial charge in [-0.25, -0.2) is 9.59 Å². The average molecular weight is 344 g/mol. The van der Waals surface area contributed by atoms with Crippen LogP contribution in [0.25, 0.3) is 0 Å². The summed E-state index contributed by atoms with van der Waals surface area (Å²) in [5.74, 6) is -0.200. The molecule has 0 aromatic heterocycles. The highest BCUT2D eigenvalue weighted by Crippen LogP contribution is 2.21. The Morgan fingerprint density at radius 3 is 2.32 bits per heavy atom. The number of benzene rings is 2. The molecule has 0 aliphatic heterocycles. The number of hydrogen-bond acceptors (Lipinski definition) is 6. The molecule has 0 fully saturated rings. The summed E-state index contributed by atoms with van der Waals surface area (Å²) in [6.45, 7) is 2.80. The van der Waals surface area contributed by atoms with Crippen LogP contribution in [-0.2, 0) is 9.47 Å². The second-order valence-corrected chi connectivity index (χ2v) is 4.97. The van der Waals surface area contributed by atoms with Crippen LogP contribution < -0.4 is 9.47 Å². The van der Waals surface area contributed by atoms with E-state index in [1.54, 1.807) is 24.3 Å². The highest BCUT2D eigenvalue weighted by Gasteiger charge is 2.15. The van der Waals surface area contributed by atoms with Gasteiger partial charge in [0.15, 0.2) is 0 Å². The number of methoxy groups -OCH3 is 1. The van der Waals surface area contributed by atoms with Crippen molar-refractivity contribution < 1.29 is 28.5 Å². The minimum Gasteiger partial charge on any atom is -0.493 e. The molecule has 0 bridgehead atoms. The summed E-state index contributed by atoms with van der Waals surface area (Å²) in [5.41, 5.74) is 0.707. The molecule has 0 saturated carbocycles. The molecule has 25 heavy (non-hydrogen) atoms. The zero-order chi connectivity index (χ0) is 18.1. The van der Waals surface area contributed by atoms with Crippen LogP contribution in [0.1, 0.15) is 27.6 Å². The largest absolute Gasteiger partial charge is 0.493 e. The maximum atomic E-state index is 12.3. The summed E-state index contributed by atoms with van der Waals surface area (Å²) in [6, 6.07) is 13.0. The minimum atomic E-state index is -0.528. The molecule has 0 heterocycles. The molecule has 0 atom stereocenters. The van der Waals surface area contributed by atoms with Crippen molar-refractivity contribution >= 4 is 11.9 Å². The molecule has 2 rings (SSSR count). The SMILES string of the molecule is CCOc1ccccc1C(=O)Oc1ccc(C(=O)OCCOC)cc1. The number of hydrogen-bond donors (Lipinski definition) is 0. The topological polar surface area (TPSA) is 71.1 Å². The number of carbonyl (C=O) groups excluding carboxylic acids is 2. The summed E-state index contributed by atoms with van der Waals surface area (Å²) < 4.78 is 20.6. The second kappa shape index (κ2) is 9.44. The molecule has 0 aliphatic rings. The number of rotatable bonds is 8. The van der Waals surface area contributed by atoms with Crippen molar-refractivity contribution in [3.05, 3.63) is 59.7 Å². The second-order valence-electron chi connectivity index (χ2n) is 4.97. The Morgan fingerprint density at radius 1 is 0.920 bits per heavy atom. The molecule has 0 radical (unpaired) electrons. The third-order valence-electron chi connectivity index (χ3n) is 3.23. The zero-order valence-corrected chi connectivity index (χ0v) is 14.2. The van der Waals surface area contributed by atoms with E-state index in [0.29, 0.717) is 35.8 Å². The van der Waals surface area contributed by atoms with Crippen LogP contribution in [0.5, 0.6) is 11.5 Å². The monoisotopic (exact) mass is 344 g/mol. The van der Waals surface area contributed by atoms with Gasteiger partial charge in [0, 0.05) is 7.11 Å². The smallest absolute Gasteiger partial charge is 0.347 e. The van der Waals surface area contributed by atoms with Crippen LogP contribution in [0.3, 0.4) is 0 Å². The summed E-state index contributed by atoms with van der Waals surface area (Å²) >= 11 is 0. The lowest BCUT2D eigenvalue weighted by Gasteiger charge is -2.10. The van der Waals surface area contributed by atoms with Crippen molar-refractivity contribution in [1.29, 1.82) is 0 Å². The van der Waals surface area contributed by atoms with Crippen LogP contribution in [-0.4, -0.2) is 38.9 Å². The van der Waals surface area contributed by atoms with E-state index < -0.39 is 11.9 Å². The van der Waals surface area contributed by atoms with Crippen LogP contribution >= 0.6 is 0 Å². The molecule has 2 aromatic rings. The number of ether oxygens (including phenoxy) is 4. The van der Waals surface area contributed by atoms with Gasteiger partial charge in [0.05, 0.1) is 18.8 Å². The van der Waals surface area contributed by atoms with Gasteiger partial charge in [0.25, 0.3) is 0 Å². The van der Waals surface area contributed by atoms with Crippen molar-refractivity contribution in [2.45, 2.75) is 6.92 Å². The Morgan fingerprint density at radius 2 is 1.64 bits per heavy atom. The first-order valence-corrected chi connectivity index (χ1v) is 7.85. The lowest BCUT2D eigenvalue weighted by atomic mass is 10.2. The zero-order valence-electron chi connectivity index (χ0n) is 14.2. The molecule has 0 amide bonds. The fourth-order valence-corrected chi connectivity index (χ4v) is 2.04. The van der Waals surface area contributed by atoms with Crippen molar-refractivity contribution in [2.75, 3.05) is 26.9 Å². The van der Waals surface area contributed by atoms with Gasteiger partial charge < -0.3 is 18.9 Å². The lowest BCUT2D eigenvalue weighted by molar-refractivity contribution is 0.0388. The van der Waals surface area contributed by atoms with E-state index >= 15 is 0 Å². The van der Waals surface area contributed by atoms with E-state index in [4.69, 9.17) is 18.9 Å². The van der Waals surface area contributed by atoms with Gasteiger partial charge in [-0.1, -0.05) is 12.1 Å². The Kier molecular flexibility index (Phi) is 6.98. The van der Waals surface area contributed by atoms with Crippen LogP contribution in [0.4, 0.5) is 0 Å². The standard InChI is InChI=1S/C19H20O6/c1-3-23-17-7-5-4-6-16(17)19(21)25-15-10-8-14(9-11-15)18(20)24-13-12-22-2/h4-11H,3,12-13H2,1-2H3. The van der Waals surface area contributed by atoms with Crippen molar-refractivity contribution in [3.8, 4) is 11.5 Å². The van der Waals surface area contributed by atoms with Crippen LogP contribution in [0, 0.1) is 0 Å². The summed E-state index contributed by atoms with van der Waals surface area (Å²) in [5, 5.41) is 0. The molecule has 0 N–H and O–H groups in total. The van der Waals surface area contributed by atoms with E-state index in [2.05, 4.69) is 0 Å². The van der Waals surface area contributed by atoms with Gasteiger partial charge >= 0.3 is 11.9 Å². The fraction of sp³-hybridized carbons (Fsp3) is 0.263. The molecular weight excluding hydrogens is 324 g/mol. The highest BCUT2D eigenvalue weighted by molar-refractivity contribution is 5.94. The summed E-state index contributed by atoms with van der Waals surface area (Å²) in [4.78, 5) is 24.1. The number of carbonyl (C=O) groups is 2. The Labute approximate surface area is 146 Å². The third-order valence-corrected chi connectivity index (χ3v) is 3.23. The predicted octanol–water partition coefficient (Wildman–Crippen LogP) is 3.11.